The van der Waals surface area contributed by atoms with Crippen LogP contribution < -0.4 is 0 Å². The summed E-state index contributed by atoms with van der Waals surface area (Å²) in [6.45, 7) is 3.40. The molecule has 0 bridgehead atoms. The van der Waals surface area contributed by atoms with Crippen molar-refractivity contribution >= 4 is 15.9 Å². The van der Waals surface area contributed by atoms with Crippen LogP contribution in [0.4, 0.5) is 8.78 Å². The molecular formula is C16H21BrF2N2. The van der Waals surface area contributed by atoms with Crippen LogP contribution in [-0.4, -0.2) is 42.5 Å². The fourth-order valence-corrected chi connectivity index (χ4v) is 4.18. The molecule has 2 nitrogen and oxygen atoms in total. The highest BCUT2D eigenvalue weighted by atomic mass is 79.9. The molecule has 2 aliphatic heterocycles. The third kappa shape index (κ3) is 3.15. The van der Waals surface area contributed by atoms with E-state index in [1.54, 1.807) is 0 Å². The van der Waals surface area contributed by atoms with E-state index in [0.717, 1.165) is 19.5 Å². The highest BCUT2D eigenvalue weighted by molar-refractivity contribution is 9.10. The molecule has 5 heteroatoms. The van der Waals surface area contributed by atoms with E-state index in [1.165, 1.54) is 31.5 Å². The van der Waals surface area contributed by atoms with Crippen LogP contribution in [0.25, 0.3) is 0 Å². The van der Waals surface area contributed by atoms with Gasteiger partial charge in [0.25, 0.3) is 0 Å². The second kappa shape index (κ2) is 6.31. The average Bonchev–Trinajstić information content (AvgIpc) is 2.48. The fraction of sp³-hybridized carbons (Fsp3) is 0.625. The Morgan fingerprint density at radius 1 is 1.24 bits per heavy atom. The minimum atomic E-state index is -0.460. The third-order valence-electron chi connectivity index (χ3n) is 4.95. The summed E-state index contributed by atoms with van der Waals surface area (Å²) in [6, 6.07) is 3.41. The van der Waals surface area contributed by atoms with Crippen LogP contribution >= 0.6 is 15.9 Å². The predicted octanol–water partition coefficient (Wildman–Crippen LogP) is 3.64. The Hall–Kier alpha value is -0.520. The van der Waals surface area contributed by atoms with E-state index in [2.05, 4.69) is 32.8 Å². The topological polar surface area (TPSA) is 6.48 Å². The highest BCUT2D eigenvalue weighted by Gasteiger charge is 2.34. The molecule has 116 valence electrons. The van der Waals surface area contributed by atoms with Crippen molar-refractivity contribution in [3.63, 3.8) is 0 Å². The summed E-state index contributed by atoms with van der Waals surface area (Å²) in [7, 11) is 2.19. The summed E-state index contributed by atoms with van der Waals surface area (Å²) < 4.78 is 28.3. The summed E-state index contributed by atoms with van der Waals surface area (Å²) in [5, 5.41) is 0. The Bertz CT molecular complexity index is 523. The molecule has 2 unspecified atom stereocenters. The quantitative estimate of drug-likeness (QED) is 0.744. The van der Waals surface area contributed by atoms with E-state index in [9.17, 15) is 8.78 Å². The molecule has 2 atom stereocenters. The molecular weight excluding hydrogens is 338 g/mol. The molecule has 0 radical (unpaired) electrons. The molecule has 2 fully saturated rings. The third-order valence-corrected chi connectivity index (χ3v) is 5.56. The highest BCUT2D eigenvalue weighted by Crippen LogP contribution is 2.31. The van der Waals surface area contributed by atoms with Gasteiger partial charge in [0.05, 0.1) is 4.47 Å². The fourth-order valence-electron chi connectivity index (χ4n) is 3.81. The van der Waals surface area contributed by atoms with Crippen molar-refractivity contribution in [2.45, 2.75) is 31.8 Å². The molecule has 2 saturated heterocycles. The van der Waals surface area contributed by atoms with Gasteiger partial charge in [0.2, 0.25) is 0 Å². The second-order valence-electron chi connectivity index (χ2n) is 6.30. The molecule has 2 aliphatic rings. The molecule has 1 aromatic rings. The van der Waals surface area contributed by atoms with Crippen molar-refractivity contribution in [3.05, 3.63) is 33.8 Å². The van der Waals surface area contributed by atoms with E-state index >= 15 is 0 Å². The number of nitrogens with zero attached hydrogens (tertiary/aromatic N) is 2. The summed E-state index contributed by atoms with van der Waals surface area (Å²) in [4.78, 5) is 4.65. The van der Waals surface area contributed by atoms with Crippen LogP contribution in [0, 0.1) is 17.6 Å². The van der Waals surface area contributed by atoms with E-state index in [-0.39, 0.29) is 5.56 Å². The zero-order valence-corrected chi connectivity index (χ0v) is 13.9. The number of benzene rings is 1. The lowest BCUT2D eigenvalue weighted by Crippen LogP contribution is -2.52. The van der Waals surface area contributed by atoms with E-state index < -0.39 is 11.6 Å². The molecule has 21 heavy (non-hydrogen) atoms. The Balaban J connectivity index is 1.71. The van der Waals surface area contributed by atoms with E-state index in [4.69, 9.17) is 0 Å². The maximum absolute atomic E-state index is 14.1. The maximum atomic E-state index is 14.1. The van der Waals surface area contributed by atoms with Gasteiger partial charge in [-0.05, 0) is 73.4 Å². The van der Waals surface area contributed by atoms with E-state index in [1.807, 2.05) is 0 Å². The van der Waals surface area contributed by atoms with Crippen molar-refractivity contribution in [1.82, 2.24) is 9.80 Å². The van der Waals surface area contributed by atoms with Gasteiger partial charge in [-0.3, -0.25) is 4.90 Å². The van der Waals surface area contributed by atoms with Crippen LogP contribution in [0.1, 0.15) is 24.8 Å². The molecule has 0 spiro atoms. The first-order chi connectivity index (χ1) is 10.1. The van der Waals surface area contributed by atoms with Gasteiger partial charge >= 0.3 is 0 Å². The zero-order chi connectivity index (χ0) is 15.0. The molecule has 3 rings (SSSR count). The van der Waals surface area contributed by atoms with Crippen LogP contribution in [0.3, 0.4) is 0 Å². The average molecular weight is 359 g/mol. The lowest BCUT2D eigenvalue weighted by atomic mass is 9.84. The zero-order valence-electron chi connectivity index (χ0n) is 12.3. The Kier molecular flexibility index (Phi) is 4.62. The van der Waals surface area contributed by atoms with Gasteiger partial charge in [-0.2, -0.15) is 0 Å². The van der Waals surface area contributed by atoms with Crippen LogP contribution in [0.15, 0.2) is 16.6 Å². The van der Waals surface area contributed by atoms with Crippen molar-refractivity contribution in [2.24, 2.45) is 5.92 Å². The minimum Gasteiger partial charge on any atom is -0.303 e. The van der Waals surface area contributed by atoms with Gasteiger partial charge in [-0.1, -0.05) is 0 Å². The number of hydrogen-bond donors (Lipinski definition) is 0. The predicted molar refractivity (Wildman–Crippen MR) is 83.1 cm³/mol. The van der Waals surface area contributed by atoms with Gasteiger partial charge in [0, 0.05) is 24.7 Å². The van der Waals surface area contributed by atoms with E-state index in [0.29, 0.717) is 23.0 Å². The molecule has 0 aromatic heterocycles. The second-order valence-corrected chi connectivity index (χ2v) is 7.15. The number of likely N-dealkylation sites (tertiary alicyclic amines) is 2. The van der Waals surface area contributed by atoms with Crippen molar-refractivity contribution in [3.8, 4) is 0 Å². The first-order valence-corrected chi connectivity index (χ1v) is 8.40. The number of piperidine rings is 2. The largest absolute Gasteiger partial charge is 0.303 e. The summed E-state index contributed by atoms with van der Waals surface area (Å²) in [6.07, 6.45) is 3.55. The Morgan fingerprint density at radius 3 is 2.86 bits per heavy atom. The lowest BCUT2D eigenvalue weighted by Gasteiger charge is -2.46. The van der Waals surface area contributed by atoms with Crippen LogP contribution in [0.5, 0.6) is 0 Å². The molecule has 0 saturated carbocycles. The molecule has 0 amide bonds. The van der Waals surface area contributed by atoms with Crippen LogP contribution in [0.2, 0.25) is 0 Å². The standard InChI is InChI=1S/C16H21BrF2N2/c1-20-7-2-3-11-9-21(8-6-15(11)20)10-12-14(18)5-4-13(17)16(12)19/h4-5,11,15H,2-3,6-10H2,1H3. The summed E-state index contributed by atoms with van der Waals surface area (Å²) >= 11 is 3.14. The van der Waals surface area contributed by atoms with Gasteiger partial charge in [0.15, 0.2) is 0 Å². The maximum Gasteiger partial charge on any atom is 0.144 e. The number of hydrogen-bond acceptors (Lipinski definition) is 2. The Morgan fingerprint density at radius 2 is 2.05 bits per heavy atom. The smallest absolute Gasteiger partial charge is 0.144 e. The minimum absolute atomic E-state index is 0.187. The number of halogens is 3. The van der Waals surface area contributed by atoms with Gasteiger partial charge in [-0.15, -0.1) is 0 Å². The lowest BCUT2D eigenvalue weighted by molar-refractivity contribution is 0.0346. The van der Waals surface area contributed by atoms with Crippen molar-refractivity contribution in [1.29, 1.82) is 0 Å². The molecule has 0 aliphatic carbocycles. The molecule has 0 N–H and O–H groups in total. The first-order valence-electron chi connectivity index (χ1n) is 7.61. The van der Waals surface area contributed by atoms with Crippen molar-refractivity contribution in [2.75, 3.05) is 26.7 Å². The molecule has 2 heterocycles. The van der Waals surface area contributed by atoms with Crippen LogP contribution in [-0.2, 0) is 6.54 Å². The molecule has 1 aromatic carbocycles. The normalized spacial score (nSPS) is 27.6. The van der Waals surface area contributed by atoms with Gasteiger partial charge in [-0.25, -0.2) is 8.78 Å². The Labute approximate surface area is 133 Å². The first kappa shape index (κ1) is 15.4. The summed E-state index contributed by atoms with van der Waals surface area (Å²) in [5.41, 5.74) is 0.187. The number of rotatable bonds is 2. The monoisotopic (exact) mass is 358 g/mol. The van der Waals surface area contributed by atoms with Crippen molar-refractivity contribution < 1.29 is 8.78 Å². The summed E-state index contributed by atoms with van der Waals surface area (Å²) in [5.74, 6) is -0.271. The van der Waals surface area contributed by atoms with Gasteiger partial charge in [0.1, 0.15) is 11.6 Å². The SMILES string of the molecule is CN1CCCC2CN(Cc3c(F)ccc(Br)c3F)CCC21. The number of fused-ring (bicyclic) bond motifs is 1. The van der Waals surface area contributed by atoms with Gasteiger partial charge < -0.3 is 4.90 Å².